The van der Waals surface area contributed by atoms with Gasteiger partial charge in [0.05, 0.1) is 0 Å². The van der Waals surface area contributed by atoms with Gasteiger partial charge < -0.3 is 10.2 Å². The van der Waals surface area contributed by atoms with Crippen molar-refractivity contribution >= 4 is 5.69 Å². The Hall–Kier alpha value is -1.02. The van der Waals surface area contributed by atoms with Crippen LogP contribution in [-0.4, -0.2) is 25.7 Å². The second-order valence-corrected chi connectivity index (χ2v) is 5.58. The van der Waals surface area contributed by atoms with Crippen molar-refractivity contribution in [3.8, 4) is 0 Å². The average molecular weight is 230 g/mol. The SMILES string of the molecule is CC1CNCC(N2CCCc3ccccc32)C1. The minimum Gasteiger partial charge on any atom is -0.367 e. The van der Waals surface area contributed by atoms with Crippen LogP contribution < -0.4 is 10.2 Å². The third-order valence-corrected chi connectivity index (χ3v) is 4.13. The van der Waals surface area contributed by atoms with E-state index in [0.29, 0.717) is 6.04 Å². The molecule has 1 fully saturated rings. The van der Waals surface area contributed by atoms with E-state index in [-0.39, 0.29) is 0 Å². The highest BCUT2D eigenvalue weighted by Gasteiger charge is 2.27. The van der Waals surface area contributed by atoms with E-state index >= 15 is 0 Å². The normalized spacial score (nSPS) is 28.9. The number of aryl methyl sites for hydroxylation is 1. The molecular weight excluding hydrogens is 208 g/mol. The van der Waals surface area contributed by atoms with E-state index in [2.05, 4.69) is 41.4 Å². The zero-order chi connectivity index (χ0) is 11.7. The van der Waals surface area contributed by atoms with E-state index in [4.69, 9.17) is 0 Å². The van der Waals surface area contributed by atoms with E-state index in [0.717, 1.165) is 12.5 Å². The first-order chi connectivity index (χ1) is 8.34. The Morgan fingerprint density at radius 1 is 1.24 bits per heavy atom. The van der Waals surface area contributed by atoms with E-state index < -0.39 is 0 Å². The molecule has 2 heteroatoms. The summed E-state index contributed by atoms with van der Waals surface area (Å²) in [4.78, 5) is 2.64. The van der Waals surface area contributed by atoms with Crippen molar-refractivity contribution in [3.05, 3.63) is 29.8 Å². The smallest absolute Gasteiger partial charge is 0.0417 e. The average Bonchev–Trinajstić information content (AvgIpc) is 2.38. The molecule has 2 heterocycles. The monoisotopic (exact) mass is 230 g/mol. The van der Waals surface area contributed by atoms with Gasteiger partial charge >= 0.3 is 0 Å². The second-order valence-electron chi connectivity index (χ2n) is 5.58. The predicted molar refractivity (Wildman–Crippen MR) is 72.5 cm³/mol. The topological polar surface area (TPSA) is 15.3 Å². The fourth-order valence-corrected chi connectivity index (χ4v) is 3.31. The highest BCUT2D eigenvalue weighted by atomic mass is 15.2. The standard InChI is InChI=1S/C15H22N2/c1-12-9-14(11-16-10-12)17-8-4-6-13-5-2-3-7-15(13)17/h2-3,5,7,12,14,16H,4,6,8-11H2,1H3. The van der Waals surface area contributed by atoms with E-state index in [1.165, 1.54) is 43.6 Å². The first-order valence-electron chi connectivity index (χ1n) is 6.90. The third kappa shape index (κ3) is 2.19. The molecule has 1 aromatic rings. The summed E-state index contributed by atoms with van der Waals surface area (Å²) < 4.78 is 0. The van der Waals surface area contributed by atoms with Crippen LogP contribution in [0.3, 0.4) is 0 Å². The number of benzene rings is 1. The van der Waals surface area contributed by atoms with Crippen molar-refractivity contribution in [1.29, 1.82) is 0 Å². The molecule has 0 radical (unpaired) electrons. The van der Waals surface area contributed by atoms with Crippen molar-refractivity contribution < 1.29 is 0 Å². The Morgan fingerprint density at radius 2 is 2.12 bits per heavy atom. The first kappa shape index (κ1) is 11.1. The van der Waals surface area contributed by atoms with Crippen LogP contribution in [0.2, 0.25) is 0 Å². The number of nitrogens with one attached hydrogen (secondary N) is 1. The molecule has 0 amide bonds. The van der Waals surface area contributed by atoms with Crippen molar-refractivity contribution in [2.24, 2.45) is 5.92 Å². The van der Waals surface area contributed by atoms with Gasteiger partial charge in [-0.05, 0) is 43.4 Å². The Morgan fingerprint density at radius 3 is 3.00 bits per heavy atom. The molecule has 1 N–H and O–H groups in total. The van der Waals surface area contributed by atoms with Crippen LogP contribution in [0.1, 0.15) is 25.3 Å². The number of piperidine rings is 1. The lowest BCUT2D eigenvalue weighted by Gasteiger charge is -2.41. The molecule has 0 saturated carbocycles. The van der Waals surface area contributed by atoms with Gasteiger partial charge in [0, 0.05) is 24.8 Å². The van der Waals surface area contributed by atoms with Gasteiger partial charge in [-0.1, -0.05) is 25.1 Å². The first-order valence-corrected chi connectivity index (χ1v) is 6.90. The summed E-state index contributed by atoms with van der Waals surface area (Å²) >= 11 is 0. The molecule has 0 bridgehead atoms. The fraction of sp³-hybridized carbons (Fsp3) is 0.600. The van der Waals surface area contributed by atoms with Crippen LogP contribution in [0.25, 0.3) is 0 Å². The van der Waals surface area contributed by atoms with Gasteiger partial charge in [0.15, 0.2) is 0 Å². The van der Waals surface area contributed by atoms with Crippen LogP contribution in [-0.2, 0) is 6.42 Å². The van der Waals surface area contributed by atoms with Crippen LogP contribution in [0.15, 0.2) is 24.3 Å². The fourth-order valence-electron chi connectivity index (χ4n) is 3.31. The largest absolute Gasteiger partial charge is 0.367 e. The number of rotatable bonds is 1. The Balaban J connectivity index is 1.84. The summed E-state index contributed by atoms with van der Waals surface area (Å²) in [5.41, 5.74) is 3.02. The summed E-state index contributed by atoms with van der Waals surface area (Å²) in [6, 6.07) is 9.63. The maximum atomic E-state index is 3.57. The van der Waals surface area contributed by atoms with E-state index in [1.807, 2.05) is 0 Å². The van der Waals surface area contributed by atoms with Gasteiger partial charge in [0.25, 0.3) is 0 Å². The zero-order valence-corrected chi connectivity index (χ0v) is 10.7. The molecular formula is C15H22N2. The van der Waals surface area contributed by atoms with Crippen LogP contribution in [0, 0.1) is 5.92 Å². The number of para-hydroxylation sites is 1. The molecule has 0 spiro atoms. The lowest BCUT2D eigenvalue weighted by Crippen LogP contribution is -2.50. The lowest BCUT2D eigenvalue weighted by atomic mass is 9.93. The summed E-state index contributed by atoms with van der Waals surface area (Å²) in [7, 11) is 0. The van der Waals surface area contributed by atoms with Gasteiger partial charge in [-0.25, -0.2) is 0 Å². The Bertz CT molecular complexity index is 388. The van der Waals surface area contributed by atoms with E-state index in [1.54, 1.807) is 0 Å². The summed E-state index contributed by atoms with van der Waals surface area (Å²) in [6.45, 7) is 5.93. The van der Waals surface area contributed by atoms with Crippen LogP contribution >= 0.6 is 0 Å². The highest BCUT2D eigenvalue weighted by molar-refractivity contribution is 5.56. The molecule has 1 saturated heterocycles. The van der Waals surface area contributed by atoms with E-state index in [9.17, 15) is 0 Å². The quantitative estimate of drug-likeness (QED) is 0.797. The molecule has 2 unspecified atom stereocenters. The van der Waals surface area contributed by atoms with Gasteiger partial charge in [-0.2, -0.15) is 0 Å². The van der Waals surface area contributed by atoms with Gasteiger partial charge in [-0.15, -0.1) is 0 Å². The minimum atomic E-state index is 0.695. The predicted octanol–water partition coefficient (Wildman–Crippen LogP) is 2.44. The Kier molecular flexibility index (Phi) is 3.06. The lowest BCUT2D eigenvalue weighted by molar-refractivity contribution is 0.344. The molecule has 0 aromatic heterocycles. The molecule has 2 atom stereocenters. The molecule has 1 aromatic carbocycles. The van der Waals surface area contributed by atoms with Crippen molar-refractivity contribution in [3.63, 3.8) is 0 Å². The maximum absolute atomic E-state index is 3.57. The van der Waals surface area contributed by atoms with Crippen molar-refractivity contribution in [2.45, 2.75) is 32.2 Å². The zero-order valence-electron chi connectivity index (χ0n) is 10.7. The summed E-state index contributed by atoms with van der Waals surface area (Å²) in [6.07, 6.45) is 3.89. The number of fused-ring (bicyclic) bond motifs is 1. The molecule has 92 valence electrons. The molecule has 2 nitrogen and oxygen atoms in total. The molecule has 2 aliphatic rings. The second kappa shape index (κ2) is 4.69. The maximum Gasteiger partial charge on any atom is 0.0417 e. The van der Waals surface area contributed by atoms with Gasteiger partial charge in [0.2, 0.25) is 0 Å². The van der Waals surface area contributed by atoms with Crippen LogP contribution in [0.5, 0.6) is 0 Å². The molecule has 2 aliphatic heterocycles. The van der Waals surface area contributed by atoms with Gasteiger partial charge in [0.1, 0.15) is 0 Å². The third-order valence-electron chi connectivity index (χ3n) is 4.13. The van der Waals surface area contributed by atoms with Crippen molar-refractivity contribution in [2.75, 3.05) is 24.5 Å². The molecule has 3 rings (SSSR count). The molecule has 17 heavy (non-hydrogen) atoms. The van der Waals surface area contributed by atoms with Gasteiger partial charge in [-0.3, -0.25) is 0 Å². The number of anilines is 1. The number of hydrogen-bond acceptors (Lipinski definition) is 2. The summed E-state index contributed by atoms with van der Waals surface area (Å²) in [5, 5.41) is 3.57. The summed E-state index contributed by atoms with van der Waals surface area (Å²) in [5.74, 6) is 0.808. The Labute approximate surface area is 104 Å². The van der Waals surface area contributed by atoms with Crippen LogP contribution in [0.4, 0.5) is 5.69 Å². The molecule has 0 aliphatic carbocycles. The van der Waals surface area contributed by atoms with Crippen molar-refractivity contribution in [1.82, 2.24) is 5.32 Å². The minimum absolute atomic E-state index is 0.695. The number of hydrogen-bond donors (Lipinski definition) is 1. The highest BCUT2D eigenvalue weighted by Crippen LogP contribution is 2.30. The number of nitrogens with zero attached hydrogens (tertiary/aromatic N) is 1.